The molecule has 1 aliphatic heterocycles. The summed E-state index contributed by atoms with van der Waals surface area (Å²) in [7, 11) is 0. The second-order valence-corrected chi connectivity index (χ2v) is 8.28. The Balaban J connectivity index is 1.54. The van der Waals surface area contributed by atoms with Crippen LogP contribution in [0.2, 0.25) is 5.02 Å². The van der Waals surface area contributed by atoms with Crippen molar-refractivity contribution >= 4 is 28.8 Å². The first-order chi connectivity index (χ1) is 14.7. The van der Waals surface area contributed by atoms with Gasteiger partial charge in [-0.05, 0) is 31.4 Å². The average Bonchev–Trinajstić information content (AvgIpc) is 3.21. The molecule has 158 valence electrons. The van der Waals surface area contributed by atoms with E-state index in [0.717, 1.165) is 67.8 Å². The number of aromatic nitrogens is 3. The van der Waals surface area contributed by atoms with Gasteiger partial charge in [-0.1, -0.05) is 49.6 Å². The Morgan fingerprint density at radius 1 is 1.30 bits per heavy atom. The molecular weight excluding hydrogens is 398 g/mol. The van der Waals surface area contributed by atoms with Gasteiger partial charge in [0.2, 0.25) is 5.91 Å². The highest BCUT2D eigenvalue weighted by Crippen LogP contribution is 2.31. The molecule has 7 heteroatoms. The summed E-state index contributed by atoms with van der Waals surface area (Å²) in [6, 6.07) is 9.73. The van der Waals surface area contributed by atoms with Crippen LogP contribution in [0.3, 0.4) is 0 Å². The van der Waals surface area contributed by atoms with Gasteiger partial charge >= 0.3 is 0 Å². The molecule has 6 nitrogen and oxygen atoms in total. The highest BCUT2D eigenvalue weighted by Gasteiger charge is 2.27. The van der Waals surface area contributed by atoms with E-state index in [0.29, 0.717) is 11.6 Å². The number of anilines is 1. The molecule has 1 unspecified atom stereocenters. The molecule has 0 spiro atoms. The number of unbranched alkanes of at least 4 members (excludes halogenated alkanes) is 2. The van der Waals surface area contributed by atoms with Gasteiger partial charge in [0.15, 0.2) is 5.82 Å². The summed E-state index contributed by atoms with van der Waals surface area (Å²) >= 11 is 6.37. The highest BCUT2D eigenvalue weighted by atomic mass is 35.5. The van der Waals surface area contributed by atoms with Crippen LogP contribution in [0.25, 0.3) is 16.8 Å². The van der Waals surface area contributed by atoms with E-state index in [9.17, 15) is 4.79 Å². The van der Waals surface area contributed by atoms with Gasteiger partial charge in [0.05, 0.1) is 16.6 Å². The van der Waals surface area contributed by atoms with Gasteiger partial charge in [-0.25, -0.2) is 9.50 Å². The quantitative estimate of drug-likeness (QED) is 0.563. The summed E-state index contributed by atoms with van der Waals surface area (Å²) < 4.78 is 1.84. The van der Waals surface area contributed by atoms with Crippen molar-refractivity contribution in [2.45, 2.75) is 39.0 Å². The molecule has 0 radical (unpaired) electrons. The van der Waals surface area contributed by atoms with Crippen molar-refractivity contribution in [2.24, 2.45) is 5.92 Å². The number of hydrogen-bond donors (Lipinski definition) is 1. The fraction of sp³-hybridized carbons (Fsp3) is 0.435. The number of carbonyl (C=O) groups is 1. The summed E-state index contributed by atoms with van der Waals surface area (Å²) in [6.07, 6.45) is 8.86. The van der Waals surface area contributed by atoms with Gasteiger partial charge in [0, 0.05) is 37.6 Å². The van der Waals surface area contributed by atoms with E-state index in [1.54, 1.807) is 6.20 Å². The molecule has 1 amide bonds. The van der Waals surface area contributed by atoms with Crippen LogP contribution in [0.1, 0.15) is 39.0 Å². The van der Waals surface area contributed by atoms with Crippen molar-refractivity contribution in [3.63, 3.8) is 0 Å². The molecule has 1 aliphatic rings. The zero-order valence-electron chi connectivity index (χ0n) is 17.4. The fourth-order valence-corrected chi connectivity index (χ4v) is 4.30. The third kappa shape index (κ3) is 4.43. The minimum Gasteiger partial charge on any atom is -0.356 e. The molecule has 0 bridgehead atoms. The average molecular weight is 426 g/mol. The number of fused-ring (bicyclic) bond motifs is 1. The third-order valence-electron chi connectivity index (χ3n) is 5.69. The molecule has 3 aromatic rings. The van der Waals surface area contributed by atoms with Gasteiger partial charge in [-0.15, -0.1) is 0 Å². The van der Waals surface area contributed by atoms with Crippen molar-refractivity contribution in [3.8, 4) is 11.3 Å². The topological polar surface area (TPSA) is 62.5 Å². The molecule has 1 aromatic carbocycles. The van der Waals surface area contributed by atoms with E-state index in [2.05, 4.69) is 22.1 Å². The van der Waals surface area contributed by atoms with E-state index >= 15 is 0 Å². The zero-order chi connectivity index (χ0) is 20.9. The third-order valence-corrected chi connectivity index (χ3v) is 6.02. The molecule has 1 atom stereocenters. The van der Waals surface area contributed by atoms with Gasteiger partial charge < -0.3 is 10.2 Å². The normalized spacial score (nSPS) is 16.7. The molecule has 0 aliphatic carbocycles. The Morgan fingerprint density at radius 3 is 3.00 bits per heavy atom. The Bertz CT molecular complexity index is 1020. The van der Waals surface area contributed by atoms with E-state index in [1.165, 1.54) is 0 Å². The Hall–Kier alpha value is -2.60. The number of nitrogens with zero attached hydrogens (tertiary/aromatic N) is 4. The predicted molar refractivity (Wildman–Crippen MR) is 121 cm³/mol. The predicted octanol–water partition coefficient (Wildman–Crippen LogP) is 4.57. The van der Waals surface area contributed by atoms with E-state index in [-0.39, 0.29) is 11.8 Å². The van der Waals surface area contributed by atoms with Crippen LogP contribution >= 0.6 is 11.6 Å². The molecule has 1 fully saturated rings. The molecular formula is C23H28ClN5O. The summed E-state index contributed by atoms with van der Waals surface area (Å²) in [5.41, 5.74) is 2.64. The first-order valence-electron chi connectivity index (χ1n) is 10.8. The van der Waals surface area contributed by atoms with Gasteiger partial charge in [0.25, 0.3) is 0 Å². The zero-order valence-corrected chi connectivity index (χ0v) is 18.1. The van der Waals surface area contributed by atoms with Crippen LogP contribution in [-0.4, -0.2) is 40.1 Å². The minimum atomic E-state index is -0.00612. The van der Waals surface area contributed by atoms with Gasteiger partial charge in [-0.3, -0.25) is 4.79 Å². The minimum absolute atomic E-state index is 0.00612. The number of piperidine rings is 1. The summed E-state index contributed by atoms with van der Waals surface area (Å²) in [5, 5.41) is 8.48. The molecule has 0 saturated carbocycles. The van der Waals surface area contributed by atoms with Crippen LogP contribution in [0, 0.1) is 5.92 Å². The lowest BCUT2D eigenvalue weighted by Gasteiger charge is -2.33. The number of carbonyl (C=O) groups excluding carboxylic acids is 1. The summed E-state index contributed by atoms with van der Waals surface area (Å²) in [6.45, 7) is 4.50. The maximum atomic E-state index is 12.6. The van der Waals surface area contributed by atoms with Crippen molar-refractivity contribution < 1.29 is 4.79 Å². The van der Waals surface area contributed by atoms with Crippen molar-refractivity contribution in [1.29, 1.82) is 0 Å². The number of hydrogen-bond acceptors (Lipinski definition) is 4. The lowest BCUT2D eigenvalue weighted by Crippen LogP contribution is -2.43. The molecule has 1 saturated heterocycles. The molecule has 2 aromatic heterocycles. The lowest BCUT2D eigenvalue weighted by atomic mass is 9.97. The number of halogens is 1. The largest absolute Gasteiger partial charge is 0.356 e. The lowest BCUT2D eigenvalue weighted by molar-refractivity contribution is -0.125. The van der Waals surface area contributed by atoms with Crippen molar-refractivity contribution in [1.82, 2.24) is 19.9 Å². The van der Waals surface area contributed by atoms with Gasteiger partial charge in [0.1, 0.15) is 5.52 Å². The standard InChI is InChI=1S/C23H28ClN5O/c1-2-3-6-11-26-23(30)17-8-7-13-28(16-17)22-21-15-20(27-29(21)14-12-25-22)18-9-4-5-10-19(18)24/h4-5,9-10,12,14-15,17H,2-3,6-8,11,13,16H2,1H3,(H,26,30). The smallest absolute Gasteiger partial charge is 0.224 e. The Labute approximate surface area is 182 Å². The van der Waals surface area contributed by atoms with Crippen LogP contribution < -0.4 is 10.2 Å². The summed E-state index contributed by atoms with van der Waals surface area (Å²) in [4.78, 5) is 19.5. The SMILES string of the molecule is CCCCCNC(=O)C1CCCN(c2nccn3nc(-c4ccccc4Cl)cc23)C1. The second kappa shape index (κ2) is 9.47. The second-order valence-electron chi connectivity index (χ2n) is 7.87. The Kier molecular flexibility index (Phi) is 6.53. The van der Waals surface area contributed by atoms with Gasteiger partial charge in [-0.2, -0.15) is 5.10 Å². The number of rotatable bonds is 7. The van der Waals surface area contributed by atoms with Crippen molar-refractivity contribution in [3.05, 3.63) is 47.7 Å². The molecule has 4 rings (SSSR count). The van der Waals surface area contributed by atoms with E-state index in [4.69, 9.17) is 16.7 Å². The number of benzene rings is 1. The Morgan fingerprint density at radius 2 is 2.17 bits per heavy atom. The van der Waals surface area contributed by atoms with Crippen LogP contribution in [0.4, 0.5) is 5.82 Å². The number of nitrogens with one attached hydrogen (secondary N) is 1. The fourth-order valence-electron chi connectivity index (χ4n) is 4.07. The first-order valence-corrected chi connectivity index (χ1v) is 11.2. The molecule has 1 N–H and O–H groups in total. The maximum Gasteiger partial charge on any atom is 0.224 e. The number of amides is 1. The maximum absolute atomic E-state index is 12.6. The summed E-state index contributed by atoms with van der Waals surface area (Å²) in [5.74, 6) is 1.02. The van der Waals surface area contributed by atoms with Crippen LogP contribution in [-0.2, 0) is 4.79 Å². The monoisotopic (exact) mass is 425 g/mol. The van der Waals surface area contributed by atoms with E-state index in [1.807, 2.05) is 41.0 Å². The van der Waals surface area contributed by atoms with Crippen molar-refractivity contribution in [2.75, 3.05) is 24.5 Å². The van der Waals surface area contributed by atoms with E-state index < -0.39 is 0 Å². The highest BCUT2D eigenvalue weighted by molar-refractivity contribution is 6.33. The first kappa shape index (κ1) is 20.7. The van der Waals surface area contributed by atoms with Crippen LogP contribution in [0.15, 0.2) is 42.7 Å². The van der Waals surface area contributed by atoms with Crippen LogP contribution in [0.5, 0.6) is 0 Å². The molecule has 30 heavy (non-hydrogen) atoms. The molecule has 3 heterocycles.